The molecule has 0 radical (unpaired) electrons. The predicted octanol–water partition coefficient (Wildman–Crippen LogP) is 2.19. The van der Waals surface area contributed by atoms with E-state index < -0.39 is 10.0 Å². The van der Waals surface area contributed by atoms with Gasteiger partial charge in [0.1, 0.15) is 16.2 Å². The van der Waals surface area contributed by atoms with E-state index >= 15 is 0 Å². The van der Waals surface area contributed by atoms with Gasteiger partial charge in [0.2, 0.25) is 15.9 Å². The van der Waals surface area contributed by atoms with Gasteiger partial charge in [-0.25, -0.2) is 18.4 Å². The van der Waals surface area contributed by atoms with Crippen molar-refractivity contribution in [3.63, 3.8) is 0 Å². The molecule has 5 rings (SSSR count). The molecule has 3 aromatic rings. The van der Waals surface area contributed by atoms with Crippen LogP contribution in [0.2, 0.25) is 0 Å². The van der Waals surface area contributed by atoms with Crippen LogP contribution in [-0.2, 0) is 16.6 Å². The Hall–Kier alpha value is -2.83. The van der Waals surface area contributed by atoms with E-state index in [1.807, 2.05) is 11.6 Å². The van der Waals surface area contributed by atoms with Gasteiger partial charge in [-0.2, -0.15) is 9.40 Å². The normalized spacial score (nSPS) is 19.5. The number of nitrogens with zero attached hydrogens (tertiary/aromatic N) is 6. The van der Waals surface area contributed by atoms with E-state index in [0.29, 0.717) is 49.4 Å². The third kappa shape index (κ3) is 4.41. The number of pyridine rings is 1. The number of ether oxygens (including phenoxy) is 1. The average Bonchev–Trinajstić information content (AvgIpc) is 3.28. The molecule has 0 amide bonds. The summed E-state index contributed by atoms with van der Waals surface area (Å²) in [5, 5.41) is 4.50. The number of aryl methyl sites for hydroxylation is 1. The van der Waals surface area contributed by atoms with Crippen LogP contribution in [0.15, 0.2) is 22.0 Å². The second-order valence-corrected chi connectivity index (χ2v) is 11.4. The molecule has 1 N–H and O–H groups in total. The number of sulfonamides is 1. The zero-order valence-corrected chi connectivity index (χ0v) is 21.8. The molecule has 1 saturated heterocycles. The first-order valence-electron chi connectivity index (χ1n) is 12.7. The number of hydrogen-bond donors (Lipinski definition) is 1. The van der Waals surface area contributed by atoms with E-state index in [1.165, 1.54) is 16.6 Å². The van der Waals surface area contributed by atoms with Gasteiger partial charge in [0.05, 0.1) is 24.1 Å². The number of aromatic amines is 1. The molecule has 0 aliphatic carbocycles. The molecule has 12 heteroatoms. The monoisotopic (exact) mass is 515 g/mol. The van der Waals surface area contributed by atoms with E-state index in [4.69, 9.17) is 9.72 Å². The van der Waals surface area contributed by atoms with E-state index in [9.17, 15) is 13.2 Å². The summed E-state index contributed by atoms with van der Waals surface area (Å²) in [6.07, 6.45) is 4.07. The Labute approximate surface area is 210 Å². The zero-order chi connectivity index (χ0) is 25.4. The predicted molar refractivity (Wildman–Crippen MR) is 136 cm³/mol. The van der Waals surface area contributed by atoms with Gasteiger partial charge in [0, 0.05) is 38.6 Å². The van der Waals surface area contributed by atoms with Crippen molar-refractivity contribution in [3.05, 3.63) is 28.3 Å². The lowest BCUT2D eigenvalue weighted by atomic mass is 9.97. The van der Waals surface area contributed by atoms with Crippen LogP contribution in [-0.4, -0.2) is 81.7 Å². The van der Waals surface area contributed by atoms with Crippen molar-refractivity contribution in [3.8, 4) is 17.3 Å². The summed E-state index contributed by atoms with van der Waals surface area (Å²) in [5.74, 6) is 0.684. The van der Waals surface area contributed by atoms with Gasteiger partial charge in [-0.05, 0) is 31.9 Å². The van der Waals surface area contributed by atoms with Crippen LogP contribution in [0.1, 0.15) is 51.6 Å². The standard InChI is InChI=1S/C24H33N7O4S/c1-4-13-35-24-18(14-17(15-25-24)36(33,34)30-11-9-29(5-2)10-12-30)22-26-19-20(23(32)27-22)28-31-8-6-7-16(3)21(19)31/h14-16H,4-13H2,1-3H3,(H,26,27,32). The average molecular weight is 516 g/mol. The van der Waals surface area contributed by atoms with Gasteiger partial charge in [-0.15, -0.1) is 0 Å². The quantitative estimate of drug-likeness (QED) is 0.507. The fraction of sp³-hybridized carbons (Fsp3) is 0.583. The molecule has 0 saturated carbocycles. The van der Waals surface area contributed by atoms with E-state index in [2.05, 4.69) is 33.8 Å². The number of fused-ring (bicyclic) bond motifs is 3. The molecule has 11 nitrogen and oxygen atoms in total. The maximum Gasteiger partial charge on any atom is 0.279 e. The Morgan fingerprint density at radius 2 is 1.92 bits per heavy atom. The van der Waals surface area contributed by atoms with Crippen LogP contribution >= 0.6 is 0 Å². The summed E-state index contributed by atoms with van der Waals surface area (Å²) in [6.45, 7) is 10.4. The highest BCUT2D eigenvalue weighted by Gasteiger charge is 2.30. The number of likely N-dealkylation sites (N-methyl/N-ethyl adjacent to an activating group) is 1. The number of nitrogens with one attached hydrogen (secondary N) is 1. The molecule has 2 aliphatic rings. The summed E-state index contributed by atoms with van der Waals surface area (Å²) in [4.78, 5) is 27.3. The minimum absolute atomic E-state index is 0.0550. The van der Waals surface area contributed by atoms with E-state index in [1.54, 1.807) is 0 Å². The molecular formula is C24H33N7O4S. The van der Waals surface area contributed by atoms with Crippen LogP contribution in [0.25, 0.3) is 22.4 Å². The Morgan fingerprint density at radius 3 is 2.64 bits per heavy atom. The van der Waals surface area contributed by atoms with Crippen LogP contribution < -0.4 is 10.3 Å². The Bertz CT molecular complexity index is 1420. The smallest absolute Gasteiger partial charge is 0.279 e. The molecule has 0 bridgehead atoms. The minimum Gasteiger partial charge on any atom is -0.477 e. The summed E-state index contributed by atoms with van der Waals surface area (Å²) in [7, 11) is -3.77. The Morgan fingerprint density at radius 1 is 1.14 bits per heavy atom. The SMILES string of the molecule is CCCOc1ncc(S(=O)(=O)N2CCN(CC)CC2)cc1-c1nc2c3n(nc2c(=O)[nH]1)CCCC3C. The molecule has 194 valence electrons. The van der Waals surface area contributed by atoms with Gasteiger partial charge in [0.25, 0.3) is 5.56 Å². The summed E-state index contributed by atoms with van der Waals surface area (Å²) in [6, 6.07) is 1.52. The Balaban J connectivity index is 1.61. The van der Waals surface area contributed by atoms with Crippen molar-refractivity contribution in [1.29, 1.82) is 0 Å². The maximum absolute atomic E-state index is 13.5. The van der Waals surface area contributed by atoms with Crippen LogP contribution in [0.4, 0.5) is 0 Å². The summed E-state index contributed by atoms with van der Waals surface area (Å²) in [5.41, 5.74) is 1.76. The minimum atomic E-state index is -3.77. The number of H-pyrrole nitrogens is 1. The highest BCUT2D eigenvalue weighted by atomic mass is 32.2. The maximum atomic E-state index is 13.5. The van der Waals surface area contributed by atoms with E-state index in [0.717, 1.165) is 38.0 Å². The van der Waals surface area contributed by atoms with Crippen LogP contribution in [0.5, 0.6) is 5.88 Å². The third-order valence-corrected chi connectivity index (χ3v) is 8.91. The first-order valence-corrected chi connectivity index (χ1v) is 14.1. The van der Waals surface area contributed by atoms with Crippen LogP contribution in [0, 0.1) is 0 Å². The van der Waals surface area contributed by atoms with Gasteiger partial charge < -0.3 is 14.6 Å². The second kappa shape index (κ2) is 9.91. The molecule has 0 spiro atoms. The van der Waals surface area contributed by atoms with Crippen molar-refractivity contribution >= 4 is 21.1 Å². The molecule has 5 heterocycles. The molecule has 2 aliphatic heterocycles. The van der Waals surface area contributed by atoms with Crippen LogP contribution in [0.3, 0.4) is 0 Å². The van der Waals surface area contributed by atoms with Gasteiger partial charge in [0.15, 0.2) is 5.52 Å². The lowest BCUT2D eigenvalue weighted by Crippen LogP contribution is -2.48. The first kappa shape index (κ1) is 24.8. The topological polar surface area (TPSA) is 126 Å². The number of piperazine rings is 1. The molecular weight excluding hydrogens is 482 g/mol. The fourth-order valence-electron chi connectivity index (χ4n) is 5.00. The molecule has 3 aromatic heterocycles. The number of hydrogen-bond acceptors (Lipinski definition) is 8. The number of rotatable bonds is 7. The van der Waals surface area contributed by atoms with Crippen molar-refractivity contribution in [2.24, 2.45) is 0 Å². The first-order chi connectivity index (χ1) is 17.3. The van der Waals surface area contributed by atoms with Crippen molar-refractivity contribution in [2.75, 3.05) is 39.3 Å². The highest BCUT2D eigenvalue weighted by Crippen LogP contribution is 2.33. The van der Waals surface area contributed by atoms with Gasteiger partial charge in [-0.1, -0.05) is 20.8 Å². The van der Waals surface area contributed by atoms with Gasteiger partial charge >= 0.3 is 0 Å². The summed E-state index contributed by atoms with van der Waals surface area (Å²) < 4.78 is 36.2. The molecule has 0 aromatic carbocycles. The lowest BCUT2D eigenvalue weighted by molar-refractivity contribution is 0.196. The molecule has 1 fully saturated rings. The Kier molecular flexibility index (Phi) is 6.84. The fourth-order valence-corrected chi connectivity index (χ4v) is 6.39. The van der Waals surface area contributed by atoms with Crippen molar-refractivity contribution < 1.29 is 13.2 Å². The number of aromatic nitrogens is 5. The van der Waals surface area contributed by atoms with Crippen molar-refractivity contribution in [2.45, 2.75) is 57.4 Å². The zero-order valence-electron chi connectivity index (χ0n) is 21.0. The molecule has 1 atom stereocenters. The van der Waals surface area contributed by atoms with Gasteiger partial charge in [-0.3, -0.25) is 9.48 Å². The highest BCUT2D eigenvalue weighted by molar-refractivity contribution is 7.89. The third-order valence-electron chi connectivity index (χ3n) is 7.05. The molecule has 1 unspecified atom stereocenters. The van der Waals surface area contributed by atoms with E-state index in [-0.39, 0.29) is 28.1 Å². The largest absolute Gasteiger partial charge is 0.477 e. The van der Waals surface area contributed by atoms with Crippen molar-refractivity contribution in [1.82, 2.24) is 33.9 Å². The molecule has 36 heavy (non-hydrogen) atoms. The summed E-state index contributed by atoms with van der Waals surface area (Å²) >= 11 is 0. The second-order valence-electron chi connectivity index (χ2n) is 9.47. The lowest BCUT2D eigenvalue weighted by Gasteiger charge is -2.33.